The van der Waals surface area contributed by atoms with Crippen molar-refractivity contribution in [1.82, 2.24) is 0 Å². The molecule has 1 saturated heterocycles. The number of carboxylic acids is 1. The van der Waals surface area contributed by atoms with Gasteiger partial charge in [-0.3, -0.25) is 0 Å². The fourth-order valence-electron chi connectivity index (χ4n) is 3.35. The van der Waals surface area contributed by atoms with Gasteiger partial charge in [0.05, 0.1) is 18.1 Å². The van der Waals surface area contributed by atoms with Crippen molar-refractivity contribution in [2.24, 2.45) is 10.9 Å². The van der Waals surface area contributed by atoms with Gasteiger partial charge >= 0.3 is 5.97 Å². The minimum atomic E-state index is -1.08. The van der Waals surface area contributed by atoms with Gasteiger partial charge in [-0.05, 0) is 13.0 Å². The average Bonchev–Trinajstić information content (AvgIpc) is 2.83. The Morgan fingerprint density at radius 3 is 2.86 bits per heavy atom. The summed E-state index contributed by atoms with van der Waals surface area (Å²) in [5.41, 5.74) is -0.669. The van der Waals surface area contributed by atoms with Crippen LogP contribution in [0.3, 0.4) is 0 Å². The SMILES string of the molecule is CC1=N[C@](C)(c2ccccc2F)[C@@H]2[C@@H](CO[C@H]2C(=O)O)O1. The summed E-state index contributed by atoms with van der Waals surface area (Å²) in [6.07, 6.45) is -1.50. The van der Waals surface area contributed by atoms with Crippen molar-refractivity contribution in [2.45, 2.75) is 31.6 Å². The molecule has 2 aliphatic rings. The van der Waals surface area contributed by atoms with Crippen molar-refractivity contribution in [2.75, 3.05) is 6.61 Å². The molecule has 4 atom stereocenters. The molecule has 0 spiro atoms. The summed E-state index contributed by atoms with van der Waals surface area (Å²) in [4.78, 5) is 15.9. The van der Waals surface area contributed by atoms with Crippen LogP contribution in [0.4, 0.5) is 4.39 Å². The molecule has 0 aliphatic carbocycles. The lowest BCUT2D eigenvalue weighted by Crippen LogP contribution is -2.49. The highest BCUT2D eigenvalue weighted by Gasteiger charge is 2.56. The number of aliphatic carboxylic acids is 1. The second-order valence-electron chi connectivity index (χ2n) is 5.53. The van der Waals surface area contributed by atoms with E-state index in [0.29, 0.717) is 11.5 Å². The molecule has 0 unspecified atom stereocenters. The number of benzene rings is 1. The van der Waals surface area contributed by atoms with E-state index in [1.807, 2.05) is 0 Å². The Morgan fingerprint density at radius 2 is 2.19 bits per heavy atom. The molecule has 2 heterocycles. The standard InChI is InChI=1S/C15H16FNO4/c1-8-17-15(2,9-5-3-4-6-10(9)16)12-11(21-8)7-20-13(12)14(18)19/h3-6,11-13H,7H2,1-2H3,(H,18,19)/t11-,12-,13-,15-/m1/s1. The van der Waals surface area contributed by atoms with Gasteiger partial charge in [0, 0.05) is 12.5 Å². The molecule has 0 bridgehead atoms. The van der Waals surface area contributed by atoms with Crippen molar-refractivity contribution in [3.05, 3.63) is 35.6 Å². The third-order valence-corrected chi connectivity index (χ3v) is 4.19. The van der Waals surface area contributed by atoms with E-state index in [1.54, 1.807) is 32.0 Å². The van der Waals surface area contributed by atoms with Crippen LogP contribution in [0.1, 0.15) is 19.4 Å². The summed E-state index contributed by atoms with van der Waals surface area (Å²) in [7, 11) is 0. The molecule has 21 heavy (non-hydrogen) atoms. The Morgan fingerprint density at radius 1 is 1.48 bits per heavy atom. The van der Waals surface area contributed by atoms with Crippen LogP contribution in [0, 0.1) is 11.7 Å². The second-order valence-corrected chi connectivity index (χ2v) is 5.53. The van der Waals surface area contributed by atoms with Crippen LogP contribution in [0.5, 0.6) is 0 Å². The van der Waals surface area contributed by atoms with Crippen LogP contribution in [0.15, 0.2) is 29.3 Å². The van der Waals surface area contributed by atoms with Gasteiger partial charge in [0.2, 0.25) is 0 Å². The van der Waals surface area contributed by atoms with E-state index in [-0.39, 0.29) is 6.61 Å². The van der Waals surface area contributed by atoms with E-state index in [4.69, 9.17) is 9.47 Å². The van der Waals surface area contributed by atoms with E-state index >= 15 is 0 Å². The minimum absolute atomic E-state index is 0.165. The molecule has 1 aromatic carbocycles. The van der Waals surface area contributed by atoms with Gasteiger partial charge in [-0.15, -0.1) is 0 Å². The highest BCUT2D eigenvalue weighted by Crippen LogP contribution is 2.46. The maximum atomic E-state index is 14.2. The van der Waals surface area contributed by atoms with Crippen molar-refractivity contribution < 1.29 is 23.8 Å². The molecule has 2 aliphatic heterocycles. The summed E-state index contributed by atoms with van der Waals surface area (Å²) in [5.74, 6) is -1.65. The number of halogens is 1. The molecule has 1 fully saturated rings. The molecule has 3 rings (SSSR count). The molecule has 1 aromatic rings. The van der Waals surface area contributed by atoms with Crippen LogP contribution in [0.2, 0.25) is 0 Å². The third kappa shape index (κ3) is 2.10. The van der Waals surface area contributed by atoms with Crippen LogP contribution in [-0.2, 0) is 19.8 Å². The minimum Gasteiger partial charge on any atom is -0.479 e. The summed E-state index contributed by atoms with van der Waals surface area (Å²) in [6.45, 7) is 3.58. The topological polar surface area (TPSA) is 68.1 Å². The van der Waals surface area contributed by atoms with Gasteiger partial charge < -0.3 is 14.6 Å². The number of hydrogen-bond acceptors (Lipinski definition) is 4. The number of hydrogen-bond donors (Lipinski definition) is 1. The molecule has 0 saturated carbocycles. The lowest BCUT2D eigenvalue weighted by molar-refractivity contribution is -0.150. The molecule has 0 amide bonds. The number of carbonyl (C=O) groups is 1. The first-order chi connectivity index (χ1) is 9.93. The zero-order chi connectivity index (χ0) is 15.2. The first-order valence-electron chi connectivity index (χ1n) is 6.76. The Hall–Kier alpha value is -1.95. The van der Waals surface area contributed by atoms with E-state index < -0.39 is 35.5 Å². The van der Waals surface area contributed by atoms with Crippen LogP contribution < -0.4 is 0 Å². The Bertz CT molecular complexity index is 617. The van der Waals surface area contributed by atoms with Gasteiger partial charge in [0.1, 0.15) is 11.9 Å². The van der Waals surface area contributed by atoms with Crippen molar-refractivity contribution in [1.29, 1.82) is 0 Å². The first-order valence-corrected chi connectivity index (χ1v) is 6.76. The fourth-order valence-corrected chi connectivity index (χ4v) is 3.35. The number of ether oxygens (including phenoxy) is 2. The lowest BCUT2D eigenvalue weighted by atomic mass is 9.74. The summed E-state index contributed by atoms with van der Waals surface area (Å²) in [5, 5.41) is 9.34. The Kier molecular flexibility index (Phi) is 3.20. The van der Waals surface area contributed by atoms with Gasteiger partial charge in [-0.1, -0.05) is 18.2 Å². The zero-order valence-electron chi connectivity index (χ0n) is 11.7. The molecule has 6 heteroatoms. The second kappa shape index (κ2) is 4.80. The molecule has 0 radical (unpaired) electrons. The summed E-state index contributed by atoms with van der Waals surface area (Å²) in [6, 6.07) is 6.28. The predicted octanol–water partition coefficient (Wildman–Crippen LogP) is 1.96. The van der Waals surface area contributed by atoms with E-state index in [9.17, 15) is 14.3 Å². The van der Waals surface area contributed by atoms with Gasteiger partial charge in [0.15, 0.2) is 12.0 Å². The number of carboxylic acid groups (broad SMARTS) is 1. The smallest absolute Gasteiger partial charge is 0.333 e. The molecule has 112 valence electrons. The number of aliphatic imine (C=N–C) groups is 1. The highest BCUT2D eigenvalue weighted by molar-refractivity contribution is 5.77. The Labute approximate surface area is 121 Å². The number of rotatable bonds is 2. The van der Waals surface area contributed by atoms with Crippen LogP contribution in [0.25, 0.3) is 0 Å². The predicted molar refractivity (Wildman–Crippen MR) is 72.6 cm³/mol. The van der Waals surface area contributed by atoms with E-state index in [2.05, 4.69) is 4.99 Å². The van der Waals surface area contributed by atoms with Crippen molar-refractivity contribution in [3.63, 3.8) is 0 Å². The molecule has 1 N–H and O–H groups in total. The van der Waals surface area contributed by atoms with Crippen LogP contribution in [-0.4, -0.2) is 35.8 Å². The molecule has 0 aromatic heterocycles. The largest absolute Gasteiger partial charge is 0.479 e. The van der Waals surface area contributed by atoms with Crippen LogP contribution >= 0.6 is 0 Å². The molecular weight excluding hydrogens is 277 g/mol. The monoisotopic (exact) mass is 293 g/mol. The van der Waals surface area contributed by atoms with Gasteiger partial charge in [-0.25, -0.2) is 14.2 Å². The van der Waals surface area contributed by atoms with Crippen molar-refractivity contribution in [3.8, 4) is 0 Å². The molecule has 5 nitrogen and oxygen atoms in total. The summed E-state index contributed by atoms with van der Waals surface area (Å²) < 4.78 is 25.2. The third-order valence-electron chi connectivity index (χ3n) is 4.19. The Balaban J connectivity index is 2.15. The first kappa shape index (κ1) is 14.0. The fraction of sp³-hybridized carbons (Fsp3) is 0.467. The average molecular weight is 293 g/mol. The van der Waals surface area contributed by atoms with E-state index in [0.717, 1.165) is 0 Å². The highest BCUT2D eigenvalue weighted by atomic mass is 19.1. The number of nitrogens with zero attached hydrogens (tertiary/aromatic N) is 1. The van der Waals surface area contributed by atoms with E-state index in [1.165, 1.54) is 6.07 Å². The normalized spacial score (nSPS) is 34.8. The lowest BCUT2D eigenvalue weighted by Gasteiger charge is -2.40. The number of fused-ring (bicyclic) bond motifs is 1. The van der Waals surface area contributed by atoms with Crippen molar-refractivity contribution >= 4 is 11.9 Å². The zero-order valence-corrected chi connectivity index (χ0v) is 11.7. The van der Waals surface area contributed by atoms with Gasteiger partial charge in [-0.2, -0.15) is 0 Å². The van der Waals surface area contributed by atoms with Gasteiger partial charge in [0.25, 0.3) is 0 Å². The summed E-state index contributed by atoms with van der Waals surface area (Å²) >= 11 is 0. The molecular formula is C15H16FNO4. The quantitative estimate of drug-likeness (QED) is 0.905. The maximum absolute atomic E-state index is 14.2. The maximum Gasteiger partial charge on any atom is 0.333 e.